The first-order chi connectivity index (χ1) is 30.3. The van der Waals surface area contributed by atoms with Crippen LogP contribution in [0.3, 0.4) is 0 Å². The number of aromatic nitrogens is 3. The van der Waals surface area contributed by atoms with Crippen molar-refractivity contribution in [3.8, 4) is 67.5 Å². The van der Waals surface area contributed by atoms with E-state index in [1.165, 1.54) is 48.8 Å². The Kier molecular flexibility index (Phi) is 9.73. The van der Waals surface area contributed by atoms with Crippen molar-refractivity contribution >= 4 is 12.4 Å². The maximum absolute atomic E-state index is 13.0. The molecule has 0 aliphatic heterocycles. The van der Waals surface area contributed by atoms with E-state index in [2.05, 4.69) is 158 Å². The van der Waals surface area contributed by atoms with Gasteiger partial charge in [-0.2, -0.15) is 0 Å². The van der Waals surface area contributed by atoms with Crippen LogP contribution < -0.4 is 5.30 Å². The van der Waals surface area contributed by atoms with Crippen molar-refractivity contribution in [3.63, 3.8) is 0 Å². The molecule has 0 unspecified atom stereocenters. The predicted molar refractivity (Wildman–Crippen MR) is 256 cm³/mol. The largest absolute Gasteiger partial charge is 0.319 e. The molecule has 8 aromatic rings. The van der Waals surface area contributed by atoms with Gasteiger partial charge in [0.1, 0.15) is 7.14 Å². The minimum atomic E-state index is -2.37. The average Bonchev–Trinajstić information content (AvgIpc) is 3.32. The van der Waals surface area contributed by atoms with Gasteiger partial charge in [-0.1, -0.05) is 164 Å². The summed E-state index contributed by atoms with van der Waals surface area (Å²) in [5.41, 5.74) is 12.5. The molecule has 7 aromatic carbocycles. The highest BCUT2D eigenvalue weighted by Crippen LogP contribution is 2.65. The molecule has 4 fully saturated rings. The Balaban J connectivity index is 1.01. The summed E-state index contributed by atoms with van der Waals surface area (Å²) in [6.45, 7) is 3.70. The van der Waals surface area contributed by atoms with E-state index in [-0.39, 0.29) is 5.41 Å². The van der Waals surface area contributed by atoms with Crippen molar-refractivity contribution in [1.29, 1.82) is 0 Å². The minimum absolute atomic E-state index is 0.0555. The van der Waals surface area contributed by atoms with Gasteiger partial charge in [-0.15, -0.1) is 0 Å². The van der Waals surface area contributed by atoms with Gasteiger partial charge < -0.3 is 4.57 Å². The van der Waals surface area contributed by atoms with Gasteiger partial charge in [-0.05, 0) is 132 Å². The topological polar surface area (TPSA) is 55.7 Å². The van der Waals surface area contributed by atoms with Crippen LogP contribution in [0.5, 0.6) is 0 Å². The van der Waals surface area contributed by atoms with E-state index in [4.69, 9.17) is 15.0 Å². The zero-order chi connectivity index (χ0) is 41.8. The highest BCUT2D eigenvalue weighted by Gasteiger charge is 2.58. The third kappa shape index (κ3) is 7.05. The van der Waals surface area contributed by atoms with Gasteiger partial charge in [-0.3, -0.25) is 0 Å². The second kappa shape index (κ2) is 15.6. The summed E-state index contributed by atoms with van der Waals surface area (Å²) < 4.78 is 13.0. The zero-order valence-corrected chi connectivity index (χ0v) is 36.3. The van der Waals surface area contributed by atoms with Crippen LogP contribution >= 0.6 is 7.14 Å². The Morgan fingerprint density at radius 1 is 0.387 bits per heavy atom. The molecule has 1 aromatic heterocycles. The van der Waals surface area contributed by atoms with Gasteiger partial charge in [0, 0.05) is 27.4 Å². The quantitative estimate of drug-likeness (QED) is 0.136. The van der Waals surface area contributed by atoms with Gasteiger partial charge in [0.2, 0.25) is 0 Å². The molecule has 4 saturated carbocycles. The summed E-state index contributed by atoms with van der Waals surface area (Å²) in [4.78, 5) is 15.6. The second-order valence-electron chi connectivity index (χ2n) is 18.4. The maximum Gasteiger partial charge on any atom is 0.164 e. The lowest BCUT2D eigenvalue weighted by Crippen LogP contribution is -2.56. The summed E-state index contributed by atoms with van der Waals surface area (Å²) in [5, 5.41) is 0.926. The summed E-state index contributed by atoms with van der Waals surface area (Å²) >= 11 is 0. The lowest BCUT2D eigenvalue weighted by atomic mass is 9.42. The molecule has 1 heterocycles. The van der Waals surface area contributed by atoms with Gasteiger partial charge in [0.05, 0.1) is 0 Å². The number of nitrogens with zero attached hydrogens (tertiary/aromatic N) is 3. The minimum Gasteiger partial charge on any atom is -0.319 e. The highest BCUT2D eigenvalue weighted by molar-refractivity contribution is 7.70. The first kappa shape index (κ1) is 38.7. The third-order valence-corrected chi connectivity index (χ3v) is 15.8. The van der Waals surface area contributed by atoms with E-state index in [0.717, 1.165) is 61.6 Å². The van der Waals surface area contributed by atoms with Crippen LogP contribution in [0, 0.1) is 23.7 Å². The predicted octanol–water partition coefficient (Wildman–Crippen LogP) is 13.9. The lowest BCUT2D eigenvalue weighted by Gasteiger charge is -2.62. The number of hydrogen-bond donors (Lipinski definition) is 0. The van der Waals surface area contributed by atoms with Crippen molar-refractivity contribution in [2.75, 3.05) is 13.3 Å². The first-order valence-corrected chi connectivity index (χ1v) is 24.8. The summed E-state index contributed by atoms with van der Waals surface area (Å²) in [5.74, 6) is 4.87. The van der Waals surface area contributed by atoms with Crippen LogP contribution in [-0.4, -0.2) is 28.3 Å². The Hall–Kier alpha value is -6.22. The smallest absolute Gasteiger partial charge is 0.164 e. The lowest BCUT2D eigenvalue weighted by molar-refractivity contribution is -0.0418. The molecule has 0 N–H and O–H groups in total. The van der Waals surface area contributed by atoms with Crippen molar-refractivity contribution < 1.29 is 4.57 Å². The van der Waals surface area contributed by atoms with Crippen molar-refractivity contribution in [3.05, 3.63) is 193 Å². The Labute approximate surface area is 365 Å². The Bertz CT molecular complexity index is 2830. The van der Waals surface area contributed by atoms with Gasteiger partial charge in [0.15, 0.2) is 17.5 Å². The van der Waals surface area contributed by atoms with Crippen molar-refractivity contribution in [2.24, 2.45) is 23.7 Å². The van der Waals surface area contributed by atoms with Crippen LogP contribution in [-0.2, 0) is 9.98 Å². The fraction of sp³-hybridized carbons (Fsp3) is 0.211. The van der Waals surface area contributed by atoms with E-state index in [9.17, 15) is 4.57 Å². The second-order valence-corrected chi connectivity index (χ2v) is 21.6. The van der Waals surface area contributed by atoms with E-state index in [0.29, 0.717) is 29.3 Å². The third-order valence-electron chi connectivity index (χ3n) is 14.3. The van der Waals surface area contributed by atoms with E-state index >= 15 is 0 Å². The molecule has 0 atom stereocenters. The highest BCUT2D eigenvalue weighted by atomic mass is 31.2. The molecule has 0 amide bonds. The molecule has 0 saturated heterocycles. The van der Waals surface area contributed by atoms with Crippen LogP contribution in [0.4, 0.5) is 0 Å². The van der Waals surface area contributed by atoms with Crippen molar-refractivity contribution in [2.45, 2.75) is 37.5 Å². The molecule has 4 aliphatic rings. The maximum atomic E-state index is 13.0. The zero-order valence-electron chi connectivity index (χ0n) is 35.4. The van der Waals surface area contributed by atoms with Crippen LogP contribution in [0.2, 0.25) is 0 Å². The number of benzene rings is 7. The van der Waals surface area contributed by atoms with E-state index in [1.54, 1.807) is 0 Å². The Morgan fingerprint density at radius 2 is 0.758 bits per heavy atom. The van der Waals surface area contributed by atoms with Gasteiger partial charge in [-0.25, -0.2) is 15.0 Å². The standard InChI is InChI=1S/C57H50N3OP/c1-62(2,61)53-21-11-18-46(37-53)42-22-26-49(27-23-42)57(51-31-38-30-39(33-51)34-52(57)32-38)50-28-24-43(25-29-50)54-58-55(47-19-9-16-44(35-47)40-12-5-3-6-13-40)60-56(59-54)48-20-10-17-45(36-48)41-14-7-4-8-15-41/h3-29,35-39,51-52H,30-34H2,1-2H3. The average molecular weight is 824 g/mol. The van der Waals surface area contributed by atoms with Gasteiger partial charge >= 0.3 is 0 Å². The summed E-state index contributed by atoms with van der Waals surface area (Å²) in [6, 6.07) is 65.0. The van der Waals surface area contributed by atoms with Gasteiger partial charge in [0.25, 0.3) is 0 Å². The molecule has 62 heavy (non-hydrogen) atoms. The number of rotatable bonds is 9. The molecule has 0 spiro atoms. The van der Waals surface area contributed by atoms with Crippen LogP contribution in [0.15, 0.2) is 182 Å². The van der Waals surface area contributed by atoms with Crippen molar-refractivity contribution in [1.82, 2.24) is 15.0 Å². The molecule has 4 nitrogen and oxygen atoms in total. The molecule has 4 bridgehead atoms. The molecule has 12 rings (SSSR count). The van der Waals surface area contributed by atoms with E-state index < -0.39 is 7.14 Å². The first-order valence-electron chi connectivity index (χ1n) is 22.2. The monoisotopic (exact) mass is 823 g/mol. The molecular formula is C57H50N3OP. The van der Waals surface area contributed by atoms with Crippen LogP contribution in [0.1, 0.15) is 43.2 Å². The molecule has 304 valence electrons. The fourth-order valence-electron chi connectivity index (χ4n) is 11.6. The number of hydrogen-bond acceptors (Lipinski definition) is 4. The molecule has 0 radical (unpaired) electrons. The fourth-order valence-corrected chi connectivity index (χ4v) is 12.5. The Morgan fingerprint density at radius 3 is 1.23 bits per heavy atom. The summed E-state index contributed by atoms with van der Waals surface area (Å²) in [7, 11) is -2.37. The molecule has 4 aliphatic carbocycles. The molecule has 5 heteroatoms. The van der Waals surface area contributed by atoms with Crippen LogP contribution in [0.25, 0.3) is 67.5 Å². The molecular weight excluding hydrogens is 774 g/mol. The SMILES string of the molecule is CP(C)(=O)c1cccc(-c2ccc(C3(c4ccc(-c5nc(-c6cccc(-c7ccccc7)c6)nc(-c6cccc(-c7ccccc7)c6)n5)cc4)C4CC5CC(C4)CC3C5)cc2)c1. The van der Waals surface area contributed by atoms with E-state index in [1.807, 2.05) is 37.6 Å². The normalized spacial score (nSPS) is 21.5. The summed E-state index contributed by atoms with van der Waals surface area (Å²) in [6.07, 6.45) is 6.59.